The fourth-order valence-electron chi connectivity index (χ4n) is 4.29. The van der Waals surface area contributed by atoms with E-state index >= 15 is 0 Å². The van der Waals surface area contributed by atoms with Gasteiger partial charge in [-0.1, -0.05) is 40.8 Å². The maximum atomic E-state index is 5.86. The first-order chi connectivity index (χ1) is 20.3. The van der Waals surface area contributed by atoms with Crippen LogP contribution in [0.2, 0.25) is 0 Å². The fourth-order valence-corrected chi connectivity index (χ4v) is 4.29. The van der Waals surface area contributed by atoms with E-state index in [0.29, 0.717) is 52.9 Å². The summed E-state index contributed by atoms with van der Waals surface area (Å²) in [6, 6.07) is 23.4. The standard InChI is InChI=1S/C30H30N6O5/c1-4-23-18-24(5-1)30-22-36(34-32-30)26-7-3-9-28(20-26)41-17-15-39-13-11-37-10-12-38-14-16-40-27-8-2-6-25(19-27)35-21-29(23)31-33-35/h1-9,18-22H,10-17H2. The summed E-state index contributed by atoms with van der Waals surface area (Å²) in [6.45, 7) is 3.72. The predicted octanol–water partition coefficient (Wildman–Crippen LogP) is 4.00. The molecule has 1 aliphatic heterocycles. The van der Waals surface area contributed by atoms with E-state index < -0.39 is 0 Å². The Labute approximate surface area is 237 Å². The number of aromatic nitrogens is 6. The van der Waals surface area contributed by atoms with Crippen LogP contribution in [0.25, 0.3) is 33.9 Å². The lowest BCUT2D eigenvalue weighted by molar-refractivity contribution is 0.00499. The fraction of sp³-hybridized carbons (Fsp3) is 0.267. The van der Waals surface area contributed by atoms with Crippen LogP contribution in [0.3, 0.4) is 0 Å². The Morgan fingerprint density at radius 3 is 1.41 bits per heavy atom. The van der Waals surface area contributed by atoms with Crippen LogP contribution in [0, 0.1) is 0 Å². The summed E-state index contributed by atoms with van der Waals surface area (Å²) in [7, 11) is 0. The van der Waals surface area contributed by atoms with E-state index in [9.17, 15) is 0 Å². The lowest BCUT2D eigenvalue weighted by Gasteiger charge is -2.10. The van der Waals surface area contributed by atoms with Gasteiger partial charge in [0.15, 0.2) is 0 Å². The van der Waals surface area contributed by atoms with Crippen molar-refractivity contribution in [1.82, 2.24) is 30.0 Å². The molecule has 11 nitrogen and oxygen atoms in total. The number of nitrogens with zero attached hydrogens (tertiary/aromatic N) is 6. The molecule has 0 aliphatic carbocycles. The highest BCUT2D eigenvalue weighted by Crippen LogP contribution is 2.26. The number of ether oxygens (including phenoxy) is 5. The van der Waals surface area contributed by atoms with Crippen molar-refractivity contribution in [3.63, 3.8) is 0 Å². The van der Waals surface area contributed by atoms with Gasteiger partial charge in [-0.2, -0.15) is 0 Å². The monoisotopic (exact) mass is 554 g/mol. The third-order valence-electron chi connectivity index (χ3n) is 6.34. The van der Waals surface area contributed by atoms with Gasteiger partial charge in [0.1, 0.15) is 36.1 Å². The molecule has 0 N–H and O–H groups in total. The van der Waals surface area contributed by atoms with Crippen molar-refractivity contribution in [1.29, 1.82) is 0 Å². The van der Waals surface area contributed by atoms with Gasteiger partial charge in [-0.25, -0.2) is 9.36 Å². The van der Waals surface area contributed by atoms with Crippen LogP contribution in [0.5, 0.6) is 11.5 Å². The molecule has 0 saturated heterocycles. The number of hydrogen-bond donors (Lipinski definition) is 0. The molecule has 0 amide bonds. The SMILES string of the molecule is c1cc2cc(c1)-c1cn(nn1)-c1cccc(c1)OCCOCCOCCOCCOc1cccc(c1)-n1cc-2nn1. The van der Waals surface area contributed by atoms with Gasteiger partial charge in [-0.3, -0.25) is 0 Å². The van der Waals surface area contributed by atoms with E-state index in [-0.39, 0.29) is 0 Å². The van der Waals surface area contributed by atoms with Crippen molar-refractivity contribution in [2.24, 2.45) is 0 Å². The molecular weight excluding hydrogens is 524 g/mol. The summed E-state index contributed by atoms with van der Waals surface area (Å²) in [5, 5.41) is 17.5. The summed E-state index contributed by atoms with van der Waals surface area (Å²) < 4.78 is 32.0. The molecule has 10 bridgehead atoms. The van der Waals surface area contributed by atoms with Crippen molar-refractivity contribution in [3.05, 3.63) is 85.2 Å². The van der Waals surface area contributed by atoms with Gasteiger partial charge >= 0.3 is 0 Å². The Morgan fingerprint density at radius 2 is 0.927 bits per heavy atom. The topological polar surface area (TPSA) is 108 Å². The quantitative estimate of drug-likeness (QED) is 0.281. The average Bonchev–Trinajstić information content (AvgIpc) is 3.71. The van der Waals surface area contributed by atoms with Crippen LogP contribution in [0.1, 0.15) is 0 Å². The zero-order valence-corrected chi connectivity index (χ0v) is 22.5. The molecule has 3 heterocycles. The van der Waals surface area contributed by atoms with E-state index in [1.54, 1.807) is 9.36 Å². The molecular formula is C30H30N6O5. The van der Waals surface area contributed by atoms with Gasteiger partial charge in [-0.15, -0.1) is 10.2 Å². The van der Waals surface area contributed by atoms with E-state index in [4.69, 9.17) is 23.7 Å². The first-order valence-corrected chi connectivity index (χ1v) is 13.5. The third kappa shape index (κ3) is 6.95. The number of rotatable bonds is 0. The van der Waals surface area contributed by atoms with Gasteiger partial charge in [0.25, 0.3) is 0 Å². The minimum Gasteiger partial charge on any atom is -0.491 e. The van der Waals surface area contributed by atoms with Crippen molar-refractivity contribution in [2.45, 2.75) is 0 Å². The van der Waals surface area contributed by atoms with Crippen molar-refractivity contribution in [2.75, 3.05) is 52.9 Å². The van der Waals surface area contributed by atoms with E-state index in [1.807, 2.05) is 85.2 Å². The largest absolute Gasteiger partial charge is 0.491 e. The van der Waals surface area contributed by atoms with Crippen LogP contribution in [0.4, 0.5) is 0 Å². The minimum absolute atomic E-state index is 0.426. The molecule has 0 fully saturated rings. The second-order valence-corrected chi connectivity index (χ2v) is 9.21. The maximum Gasteiger partial charge on any atom is 0.121 e. The Balaban J connectivity index is 1.23. The lowest BCUT2D eigenvalue weighted by atomic mass is 10.1. The van der Waals surface area contributed by atoms with Gasteiger partial charge in [0, 0.05) is 23.3 Å². The Morgan fingerprint density at radius 1 is 0.488 bits per heavy atom. The van der Waals surface area contributed by atoms with Crippen LogP contribution >= 0.6 is 0 Å². The first kappa shape index (κ1) is 26.6. The molecule has 0 radical (unpaired) electrons. The molecule has 0 atom stereocenters. The molecule has 5 aromatic rings. The Bertz CT molecular complexity index is 1460. The predicted molar refractivity (Wildman–Crippen MR) is 151 cm³/mol. The van der Waals surface area contributed by atoms with Gasteiger partial charge < -0.3 is 23.7 Å². The van der Waals surface area contributed by atoms with Crippen LogP contribution in [0.15, 0.2) is 85.2 Å². The zero-order valence-electron chi connectivity index (χ0n) is 22.5. The summed E-state index contributed by atoms with van der Waals surface area (Å²) in [5.74, 6) is 1.45. The first-order valence-electron chi connectivity index (χ1n) is 13.5. The highest BCUT2D eigenvalue weighted by molar-refractivity contribution is 5.68. The average molecular weight is 555 g/mol. The summed E-state index contributed by atoms with van der Waals surface area (Å²) in [6.07, 6.45) is 3.78. The van der Waals surface area contributed by atoms with E-state index in [2.05, 4.69) is 20.6 Å². The molecule has 1 aliphatic rings. The summed E-state index contributed by atoms with van der Waals surface area (Å²) in [5.41, 5.74) is 5.00. The van der Waals surface area contributed by atoms with Crippen molar-refractivity contribution >= 4 is 0 Å². The summed E-state index contributed by atoms with van der Waals surface area (Å²) in [4.78, 5) is 0. The molecule has 0 unspecified atom stereocenters. The second-order valence-electron chi connectivity index (χ2n) is 9.21. The molecule has 0 spiro atoms. The normalized spacial score (nSPS) is 15.1. The smallest absolute Gasteiger partial charge is 0.121 e. The minimum atomic E-state index is 0.426. The molecule has 3 aromatic carbocycles. The molecule has 41 heavy (non-hydrogen) atoms. The van der Waals surface area contributed by atoms with Crippen LogP contribution < -0.4 is 9.47 Å². The van der Waals surface area contributed by atoms with E-state index in [1.165, 1.54) is 0 Å². The highest BCUT2D eigenvalue weighted by Gasteiger charge is 2.11. The highest BCUT2D eigenvalue weighted by atomic mass is 16.6. The van der Waals surface area contributed by atoms with E-state index in [0.717, 1.165) is 45.4 Å². The van der Waals surface area contributed by atoms with Crippen LogP contribution in [-0.2, 0) is 14.2 Å². The third-order valence-corrected chi connectivity index (χ3v) is 6.34. The van der Waals surface area contributed by atoms with Gasteiger partial charge in [0.05, 0.1) is 63.4 Å². The lowest BCUT2D eigenvalue weighted by Crippen LogP contribution is -2.14. The molecule has 0 saturated carbocycles. The molecule has 2 aromatic heterocycles. The van der Waals surface area contributed by atoms with Gasteiger partial charge in [-0.05, 0) is 30.3 Å². The molecule has 11 heteroatoms. The molecule has 6 rings (SSSR count). The van der Waals surface area contributed by atoms with Crippen LogP contribution in [-0.4, -0.2) is 82.8 Å². The van der Waals surface area contributed by atoms with Crippen molar-refractivity contribution < 1.29 is 23.7 Å². The molecule has 210 valence electrons. The number of hydrogen-bond acceptors (Lipinski definition) is 9. The Hall–Kier alpha value is -4.58. The van der Waals surface area contributed by atoms with Gasteiger partial charge in [0.2, 0.25) is 0 Å². The second kappa shape index (κ2) is 13.2. The van der Waals surface area contributed by atoms with Crippen molar-refractivity contribution in [3.8, 4) is 45.4 Å². The zero-order chi connectivity index (χ0) is 27.7. The number of fused-ring (bicyclic) bond motifs is 14. The summed E-state index contributed by atoms with van der Waals surface area (Å²) >= 11 is 0. The maximum absolute atomic E-state index is 5.86. The Kier molecular flexibility index (Phi) is 8.56. The number of benzene rings is 3.